The van der Waals surface area contributed by atoms with E-state index in [4.69, 9.17) is 0 Å². The van der Waals surface area contributed by atoms with Crippen LogP contribution in [0.1, 0.15) is 19.4 Å². The van der Waals surface area contributed by atoms with E-state index in [2.05, 4.69) is 31.5 Å². The number of amides is 1. The summed E-state index contributed by atoms with van der Waals surface area (Å²) in [7, 11) is 0. The quantitative estimate of drug-likeness (QED) is 0.855. The molecule has 0 saturated carbocycles. The molecule has 2 N–H and O–H groups in total. The van der Waals surface area contributed by atoms with E-state index in [1.54, 1.807) is 0 Å². The molecule has 0 aliphatic rings. The van der Waals surface area contributed by atoms with E-state index in [9.17, 15) is 18.0 Å². The number of hydrogen-bond donors (Lipinski definition) is 2. The maximum Gasteiger partial charge on any atom is 0.419 e. The van der Waals surface area contributed by atoms with Crippen LogP contribution in [-0.4, -0.2) is 24.0 Å². The highest BCUT2D eigenvalue weighted by Crippen LogP contribution is 2.35. The standard InChI is InChI=1S/C12H15BrF3N3O/c1-7(2)4-17-10(20)6-19-11-9(12(14,15)16)3-8(13)5-18-11/h3,5,7H,4,6H2,1-2H3,(H,17,20)(H,18,19). The Bertz CT molecular complexity index is 478. The van der Waals surface area contributed by atoms with Crippen LogP contribution in [-0.2, 0) is 11.0 Å². The number of nitrogens with zero attached hydrogens (tertiary/aromatic N) is 1. The predicted octanol–water partition coefficient (Wildman–Crippen LogP) is 3.05. The zero-order valence-electron chi connectivity index (χ0n) is 11.0. The minimum Gasteiger partial charge on any atom is -0.361 e. The van der Waals surface area contributed by atoms with Crippen LogP contribution in [0.4, 0.5) is 19.0 Å². The molecule has 0 aliphatic carbocycles. The van der Waals surface area contributed by atoms with Gasteiger partial charge in [0.15, 0.2) is 0 Å². The summed E-state index contributed by atoms with van der Waals surface area (Å²) in [6.45, 7) is 4.06. The minimum absolute atomic E-state index is 0.222. The van der Waals surface area contributed by atoms with Gasteiger partial charge in [0.1, 0.15) is 5.82 Å². The summed E-state index contributed by atoms with van der Waals surface area (Å²) >= 11 is 2.94. The molecular weight excluding hydrogens is 339 g/mol. The van der Waals surface area contributed by atoms with Crippen molar-refractivity contribution < 1.29 is 18.0 Å². The number of anilines is 1. The number of aromatic nitrogens is 1. The van der Waals surface area contributed by atoms with Crippen LogP contribution in [0.2, 0.25) is 0 Å². The van der Waals surface area contributed by atoms with Gasteiger partial charge >= 0.3 is 6.18 Å². The van der Waals surface area contributed by atoms with Crippen molar-refractivity contribution in [3.8, 4) is 0 Å². The molecule has 4 nitrogen and oxygen atoms in total. The molecule has 0 aromatic carbocycles. The zero-order chi connectivity index (χ0) is 15.3. The summed E-state index contributed by atoms with van der Waals surface area (Å²) in [6, 6.07) is 0.918. The van der Waals surface area contributed by atoms with Gasteiger partial charge < -0.3 is 10.6 Å². The van der Waals surface area contributed by atoms with E-state index in [1.165, 1.54) is 6.20 Å². The van der Waals surface area contributed by atoms with Crippen molar-refractivity contribution in [1.82, 2.24) is 10.3 Å². The Labute approximate surface area is 123 Å². The molecule has 0 spiro atoms. The third-order valence-electron chi connectivity index (χ3n) is 2.28. The van der Waals surface area contributed by atoms with Crippen LogP contribution in [0.3, 0.4) is 0 Å². The van der Waals surface area contributed by atoms with E-state index in [1.807, 2.05) is 13.8 Å². The third-order valence-corrected chi connectivity index (χ3v) is 2.72. The van der Waals surface area contributed by atoms with Gasteiger partial charge in [0.2, 0.25) is 5.91 Å². The second-order valence-electron chi connectivity index (χ2n) is 4.60. The SMILES string of the molecule is CC(C)CNC(=O)CNc1ncc(Br)cc1C(F)(F)F. The Morgan fingerprint density at radius 3 is 2.65 bits per heavy atom. The topological polar surface area (TPSA) is 54.0 Å². The van der Waals surface area contributed by atoms with Gasteiger partial charge in [-0.2, -0.15) is 13.2 Å². The molecule has 0 radical (unpaired) electrons. The van der Waals surface area contributed by atoms with Gasteiger partial charge in [-0.3, -0.25) is 4.79 Å². The Kier molecular flexibility index (Phi) is 5.79. The first kappa shape index (κ1) is 16.7. The van der Waals surface area contributed by atoms with Crippen molar-refractivity contribution in [2.24, 2.45) is 5.92 Å². The smallest absolute Gasteiger partial charge is 0.361 e. The third kappa shape index (κ3) is 5.36. The summed E-state index contributed by atoms with van der Waals surface area (Å²) < 4.78 is 38.6. The zero-order valence-corrected chi connectivity index (χ0v) is 12.6. The van der Waals surface area contributed by atoms with Crippen LogP contribution >= 0.6 is 15.9 Å². The maximum atomic E-state index is 12.8. The lowest BCUT2D eigenvalue weighted by Gasteiger charge is -2.14. The molecule has 20 heavy (non-hydrogen) atoms. The van der Waals surface area contributed by atoms with Gasteiger partial charge in [-0.25, -0.2) is 4.98 Å². The first-order valence-electron chi connectivity index (χ1n) is 5.93. The summed E-state index contributed by atoms with van der Waals surface area (Å²) in [5.41, 5.74) is -0.913. The fraction of sp³-hybridized carbons (Fsp3) is 0.500. The van der Waals surface area contributed by atoms with E-state index in [-0.39, 0.29) is 28.7 Å². The van der Waals surface area contributed by atoms with Crippen molar-refractivity contribution in [3.05, 3.63) is 22.3 Å². The van der Waals surface area contributed by atoms with Gasteiger partial charge in [0, 0.05) is 17.2 Å². The van der Waals surface area contributed by atoms with Crippen molar-refractivity contribution in [2.75, 3.05) is 18.4 Å². The first-order chi connectivity index (χ1) is 9.20. The average molecular weight is 354 g/mol. The molecule has 8 heteroatoms. The lowest BCUT2D eigenvalue weighted by atomic mass is 10.2. The fourth-order valence-electron chi connectivity index (χ4n) is 1.34. The van der Waals surface area contributed by atoms with Crippen LogP contribution in [0.15, 0.2) is 16.7 Å². The minimum atomic E-state index is -4.53. The normalized spacial score (nSPS) is 11.6. The number of rotatable bonds is 5. The average Bonchev–Trinajstić information content (AvgIpc) is 2.33. The molecule has 1 rings (SSSR count). The summed E-state index contributed by atoms with van der Waals surface area (Å²) in [6.07, 6.45) is -3.29. The maximum absolute atomic E-state index is 12.8. The van der Waals surface area contributed by atoms with E-state index >= 15 is 0 Å². The van der Waals surface area contributed by atoms with Gasteiger partial charge in [0.25, 0.3) is 0 Å². The van der Waals surface area contributed by atoms with Gasteiger partial charge in [-0.05, 0) is 27.9 Å². The van der Waals surface area contributed by atoms with Gasteiger partial charge in [0.05, 0.1) is 12.1 Å². The highest BCUT2D eigenvalue weighted by atomic mass is 79.9. The van der Waals surface area contributed by atoms with Crippen molar-refractivity contribution >= 4 is 27.7 Å². The second-order valence-corrected chi connectivity index (χ2v) is 5.51. The van der Waals surface area contributed by atoms with Crippen molar-refractivity contribution in [3.63, 3.8) is 0 Å². The largest absolute Gasteiger partial charge is 0.419 e. The molecule has 0 atom stereocenters. The Morgan fingerprint density at radius 2 is 2.10 bits per heavy atom. The number of carbonyl (C=O) groups is 1. The molecular formula is C12H15BrF3N3O. The van der Waals surface area contributed by atoms with E-state index in [0.717, 1.165) is 6.07 Å². The first-order valence-corrected chi connectivity index (χ1v) is 6.72. The van der Waals surface area contributed by atoms with Crippen molar-refractivity contribution in [2.45, 2.75) is 20.0 Å². The van der Waals surface area contributed by atoms with Crippen molar-refractivity contribution in [1.29, 1.82) is 0 Å². The molecule has 0 aliphatic heterocycles. The second kappa shape index (κ2) is 6.92. The molecule has 0 bridgehead atoms. The van der Waals surface area contributed by atoms with Crippen LogP contribution < -0.4 is 10.6 Å². The lowest BCUT2D eigenvalue weighted by Crippen LogP contribution is -2.33. The van der Waals surface area contributed by atoms with Gasteiger partial charge in [-0.15, -0.1) is 0 Å². The molecule has 0 saturated heterocycles. The molecule has 0 unspecified atom stereocenters. The fourth-order valence-corrected chi connectivity index (χ4v) is 1.67. The van der Waals surface area contributed by atoms with E-state index in [0.29, 0.717) is 6.54 Å². The van der Waals surface area contributed by atoms with Gasteiger partial charge in [-0.1, -0.05) is 13.8 Å². The van der Waals surface area contributed by atoms with Crippen LogP contribution in [0.5, 0.6) is 0 Å². The molecule has 1 aromatic rings. The number of nitrogens with one attached hydrogen (secondary N) is 2. The Hall–Kier alpha value is -1.31. The van der Waals surface area contributed by atoms with Crippen LogP contribution in [0.25, 0.3) is 0 Å². The number of pyridine rings is 1. The summed E-state index contributed by atoms with van der Waals surface area (Å²) in [5.74, 6) is -0.465. The molecule has 1 heterocycles. The Morgan fingerprint density at radius 1 is 1.45 bits per heavy atom. The molecule has 112 valence electrons. The van der Waals surface area contributed by atoms with Crippen LogP contribution in [0, 0.1) is 5.92 Å². The Balaban J connectivity index is 2.71. The predicted molar refractivity (Wildman–Crippen MR) is 73.3 cm³/mol. The molecule has 1 aromatic heterocycles. The highest BCUT2D eigenvalue weighted by Gasteiger charge is 2.34. The lowest BCUT2D eigenvalue weighted by molar-refractivity contribution is -0.137. The molecule has 0 fully saturated rings. The number of alkyl halides is 3. The number of carbonyl (C=O) groups excluding carboxylic acids is 1. The number of halogens is 4. The summed E-state index contributed by atoms with van der Waals surface area (Å²) in [5, 5.41) is 5.01. The highest BCUT2D eigenvalue weighted by molar-refractivity contribution is 9.10. The molecule has 1 amide bonds. The monoisotopic (exact) mass is 353 g/mol. The summed E-state index contributed by atoms with van der Waals surface area (Å²) in [4.78, 5) is 15.1. The van der Waals surface area contributed by atoms with E-state index < -0.39 is 11.7 Å². The number of hydrogen-bond acceptors (Lipinski definition) is 3.